The van der Waals surface area contributed by atoms with E-state index in [1.165, 1.54) is 12.0 Å². The van der Waals surface area contributed by atoms with Gasteiger partial charge in [0.05, 0.1) is 31.3 Å². The molecular formula is C25H27N5O5. The number of methoxy groups -OCH3 is 1. The van der Waals surface area contributed by atoms with E-state index < -0.39 is 0 Å². The van der Waals surface area contributed by atoms with Crippen LogP contribution in [0.3, 0.4) is 0 Å². The van der Waals surface area contributed by atoms with Gasteiger partial charge in [0.15, 0.2) is 0 Å². The van der Waals surface area contributed by atoms with Crippen LogP contribution in [0.5, 0.6) is 11.5 Å². The van der Waals surface area contributed by atoms with Gasteiger partial charge in [0.2, 0.25) is 5.91 Å². The lowest BCUT2D eigenvalue weighted by Crippen LogP contribution is -2.43. The van der Waals surface area contributed by atoms with Crippen LogP contribution in [-0.2, 0) is 4.79 Å². The van der Waals surface area contributed by atoms with Gasteiger partial charge in [-0.15, -0.1) is 0 Å². The van der Waals surface area contributed by atoms with Crippen molar-refractivity contribution in [1.29, 1.82) is 0 Å². The van der Waals surface area contributed by atoms with E-state index in [1.807, 2.05) is 6.07 Å². The number of rotatable bonds is 3. The molecule has 35 heavy (non-hydrogen) atoms. The molecule has 0 aliphatic carbocycles. The Balaban J connectivity index is 1.52. The summed E-state index contributed by atoms with van der Waals surface area (Å²) < 4.78 is 11.0. The molecular weight excluding hydrogens is 450 g/mol. The first-order valence-electron chi connectivity index (χ1n) is 11.3. The van der Waals surface area contributed by atoms with Crippen molar-refractivity contribution in [2.24, 2.45) is 0 Å². The summed E-state index contributed by atoms with van der Waals surface area (Å²) >= 11 is 0. The van der Waals surface area contributed by atoms with E-state index >= 15 is 0 Å². The van der Waals surface area contributed by atoms with E-state index in [2.05, 4.69) is 20.6 Å². The number of aromatic amines is 1. The molecule has 10 nitrogen and oxygen atoms in total. The summed E-state index contributed by atoms with van der Waals surface area (Å²) in [4.78, 5) is 47.6. The maximum Gasteiger partial charge on any atom is 0.255 e. The van der Waals surface area contributed by atoms with Gasteiger partial charge < -0.3 is 30.0 Å². The van der Waals surface area contributed by atoms with E-state index in [1.54, 1.807) is 48.8 Å². The van der Waals surface area contributed by atoms with Gasteiger partial charge in [0, 0.05) is 37.1 Å². The van der Waals surface area contributed by atoms with Crippen LogP contribution >= 0.6 is 0 Å². The molecule has 182 valence electrons. The van der Waals surface area contributed by atoms with E-state index in [0.29, 0.717) is 47.0 Å². The Labute approximate surface area is 202 Å². The second-order valence-corrected chi connectivity index (χ2v) is 7.88. The third-order valence-corrected chi connectivity index (χ3v) is 5.54. The average Bonchev–Trinajstić information content (AvgIpc) is 3.42. The van der Waals surface area contributed by atoms with Crippen LogP contribution in [-0.4, -0.2) is 72.5 Å². The first-order valence-corrected chi connectivity index (χ1v) is 11.3. The van der Waals surface area contributed by atoms with Crippen LogP contribution in [0, 0.1) is 0 Å². The molecule has 0 bridgehead atoms. The molecule has 0 saturated heterocycles. The number of carbonyl (C=O) groups is 3. The fourth-order valence-corrected chi connectivity index (χ4v) is 3.80. The zero-order valence-corrected chi connectivity index (χ0v) is 19.4. The molecule has 2 aromatic carbocycles. The highest BCUT2D eigenvalue weighted by molar-refractivity contribution is 6.01. The minimum Gasteiger partial charge on any atom is -0.497 e. The Bertz CT molecular complexity index is 1190. The number of H-pyrrole nitrogens is 1. The summed E-state index contributed by atoms with van der Waals surface area (Å²) in [5, 5.41) is 5.64. The fourth-order valence-electron chi connectivity index (χ4n) is 3.80. The first kappa shape index (κ1) is 23.8. The zero-order valence-electron chi connectivity index (χ0n) is 19.4. The van der Waals surface area contributed by atoms with Crippen molar-refractivity contribution in [1.82, 2.24) is 25.5 Å². The summed E-state index contributed by atoms with van der Waals surface area (Å²) in [5.41, 5.74) is 1.46. The molecule has 2 heterocycles. The maximum absolute atomic E-state index is 13.5. The third-order valence-electron chi connectivity index (χ3n) is 5.54. The fraction of sp³-hybridized carbons (Fsp3) is 0.280. The molecule has 0 unspecified atom stereocenters. The SMILES string of the molecule is COc1ccc2c(c1)OCCNC(=O)CN(C(=O)c1ccccc1-c1ncc[nH]1)CCCNC2=O. The van der Waals surface area contributed by atoms with Gasteiger partial charge in [0.25, 0.3) is 11.8 Å². The molecule has 3 aromatic rings. The van der Waals surface area contributed by atoms with E-state index in [0.717, 1.165) is 0 Å². The number of hydrogen-bond acceptors (Lipinski definition) is 6. The Morgan fingerprint density at radius 2 is 1.94 bits per heavy atom. The molecule has 0 radical (unpaired) electrons. The van der Waals surface area contributed by atoms with Crippen LogP contribution in [0.4, 0.5) is 0 Å². The van der Waals surface area contributed by atoms with Crippen molar-refractivity contribution in [2.75, 3.05) is 39.9 Å². The summed E-state index contributed by atoms with van der Waals surface area (Å²) in [6, 6.07) is 12.1. The van der Waals surface area contributed by atoms with Crippen LogP contribution in [0.2, 0.25) is 0 Å². The largest absolute Gasteiger partial charge is 0.497 e. The third kappa shape index (κ3) is 5.78. The van der Waals surface area contributed by atoms with E-state index in [4.69, 9.17) is 9.47 Å². The number of imidazole rings is 1. The highest BCUT2D eigenvalue weighted by atomic mass is 16.5. The monoisotopic (exact) mass is 477 g/mol. The molecule has 1 aliphatic heterocycles. The van der Waals surface area contributed by atoms with Gasteiger partial charge in [-0.05, 0) is 24.6 Å². The van der Waals surface area contributed by atoms with Gasteiger partial charge in [-0.25, -0.2) is 4.98 Å². The highest BCUT2D eigenvalue weighted by Crippen LogP contribution is 2.25. The highest BCUT2D eigenvalue weighted by Gasteiger charge is 2.23. The van der Waals surface area contributed by atoms with Crippen molar-refractivity contribution in [2.45, 2.75) is 6.42 Å². The number of amides is 3. The molecule has 0 fully saturated rings. The number of nitrogens with one attached hydrogen (secondary N) is 3. The molecule has 3 N–H and O–H groups in total. The van der Waals surface area contributed by atoms with Crippen molar-refractivity contribution in [3.05, 3.63) is 66.0 Å². The van der Waals surface area contributed by atoms with Gasteiger partial charge in [-0.2, -0.15) is 0 Å². The molecule has 0 spiro atoms. The molecule has 0 saturated carbocycles. The van der Waals surface area contributed by atoms with Gasteiger partial charge in [-0.1, -0.05) is 18.2 Å². The van der Waals surface area contributed by atoms with Crippen molar-refractivity contribution in [3.8, 4) is 22.9 Å². The van der Waals surface area contributed by atoms with Crippen molar-refractivity contribution < 1.29 is 23.9 Å². The predicted octanol–water partition coefficient (Wildman–Crippen LogP) is 1.86. The second-order valence-electron chi connectivity index (χ2n) is 7.88. The van der Waals surface area contributed by atoms with Crippen LogP contribution < -0.4 is 20.1 Å². The number of fused-ring (bicyclic) bond motifs is 1. The number of aromatic nitrogens is 2. The Morgan fingerprint density at radius 3 is 2.74 bits per heavy atom. The first-order chi connectivity index (χ1) is 17.1. The van der Waals surface area contributed by atoms with Gasteiger partial charge >= 0.3 is 0 Å². The minimum atomic E-state index is -0.301. The Kier molecular flexibility index (Phi) is 7.61. The standard InChI is InChI=1S/C25H27N5O5/c1-34-17-7-8-20-21(15-17)35-14-12-26-22(31)16-30(13-4-9-29-24(20)32)25(33)19-6-3-2-5-18(19)23-27-10-11-28-23/h2-3,5-8,10-11,15H,4,9,12-14,16H2,1H3,(H,26,31)(H,27,28)(H,29,32). The predicted molar refractivity (Wildman–Crippen MR) is 128 cm³/mol. The summed E-state index contributed by atoms with van der Waals surface area (Å²) in [6.45, 7) is 0.834. The van der Waals surface area contributed by atoms with E-state index in [-0.39, 0.29) is 44.0 Å². The minimum absolute atomic E-state index is 0.121. The summed E-state index contributed by atoms with van der Waals surface area (Å²) in [5.74, 6) is 0.624. The Hall–Kier alpha value is -4.34. The molecule has 1 aliphatic rings. The van der Waals surface area contributed by atoms with E-state index in [9.17, 15) is 14.4 Å². The number of benzene rings is 2. The lowest BCUT2D eigenvalue weighted by Gasteiger charge is -2.24. The topological polar surface area (TPSA) is 126 Å². The van der Waals surface area contributed by atoms with Crippen LogP contribution in [0.25, 0.3) is 11.4 Å². The number of nitrogens with zero attached hydrogens (tertiary/aromatic N) is 2. The molecule has 1 aromatic heterocycles. The van der Waals surface area contributed by atoms with Crippen molar-refractivity contribution in [3.63, 3.8) is 0 Å². The smallest absolute Gasteiger partial charge is 0.255 e. The van der Waals surface area contributed by atoms with Gasteiger partial charge in [-0.3, -0.25) is 14.4 Å². The van der Waals surface area contributed by atoms with Gasteiger partial charge in [0.1, 0.15) is 23.9 Å². The molecule has 0 atom stereocenters. The zero-order chi connectivity index (χ0) is 24.6. The maximum atomic E-state index is 13.5. The van der Waals surface area contributed by atoms with Crippen LogP contribution in [0.1, 0.15) is 27.1 Å². The molecule has 4 rings (SSSR count). The van der Waals surface area contributed by atoms with Crippen LogP contribution in [0.15, 0.2) is 54.9 Å². The lowest BCUT2D eigenvalue weighted by atomic mass is 10.1. The lowest BCUT2D eigenvalue weighted by molar-refractivity contribution is -0.121. The average molecular weight is 478 g/mol. The number of ether oxygens (including phenoxy) is 2. The normalized spacial score (nSPS) is 15.2. The quantitative estimate of drug-likeness (QED) is 0.529. The molecule has 10 heteroatoms. The number of hydrogen-bond donors (Lipinski definition) is 3. The number of carbonyl (C=O) groups excluding carboxylic acids is 3. The van der Waals surface area contributed by atoms with Crippen molar-refractivity contribution >= 4 is 17.7 Å². The summed E-state index contributed by atoms with van der Waals surface area (Å²) in [6.07, 6.45) is 3.76. The Morgan fingerprint density at radius 1 is 1.09 bits per heavy atom. The summed E-state index contributed by atoms with van der Waals surface area (Å²) in [7, 11) is 1.53. The molecule has 3 amide bonds. The second kappa shape index (κ2) is 11.2.